The van der Waals surface area contributed by atoms with Crippen molar-refractivity contribution in [3.05, 3.63) is 20.8 Å². The van der Waals surface area contributed by atoms with Crippen LogP contribution in [0.3, 0.4) is 0 Å². The summed E-state index contributed by atoms with van der Waals surface area (Å²) < 4.78 is 12.6. The summed E-state index contributed by atoms with van der Waals surface area (Å²) in [4.78, 5) is 1.33. The van der Waals surface area contributed by atoms with Crippen molar-refractivity contribution >= 4 is 27.3 Å². The zero-order chi connectivity index (χ0) is 14.1. The standard InChI is InChI=1S/C14H24BrNO2S/c1-4-8-16-12(14(17-5-2)18-6-3)10-13-11(15)7-9-19-13/h7,9,12,14,16H,4-6,8,10H2,1-3H3. The number of halogens is 1. The molecule has 110 valence electrons. The average Bonchev–Trinajstić information content (AvgIpc) is 2.80. The molecule has 0 saturated heterocycles. The maximum atomic E-state index is 5.73. The van der Waals surface area contributed by atoms with E-state index in [-0.39, 0.29) is 12.3 Å². The minimum atomic E-state index is -0.185. The molecule has 1 aromatic rings. The van der Waals surface area contributed by atoms with Gasteiger partial charge in [0.15, 0.2) is 6.29 Å². The number of hydrogen-bond donors (Lipinski definition) is 1. The fraction of sp³-hybridized carbons (Fsp3) is 0.714. The van der Waals surface area contributed by atoms with Gasteiger partial charge in [0.2, 0.25) is 0 Å². The highest BCUT2D eigenvalue weighted by molar-refractivity contribution is 9.10. The second kappa shape index (κ2) is 9.88. The van der Waals surface area contributed by atoms with Crippen LogP contribution in [0.1, 0.15) is 32.1 Å². The molecule has 0 aromatic carbocycles. The van der Waals surface area contributed by atoms with Crippen molar-refractivity contribution in [1.82, 2.24) is 5.32 Å². The predicted molar refractivity (Wildman–Crippen MR) is 84.8 cm³/mol. The minimum absolute atomic E-state index is 0.185. The van der Waals surface area contributed by atoms with Crippen molar-refractivity contribution in [2.45, 2.75) is 45.9 Å². The molecule has 0 aliphatic carbocycles. The number of ether oxygens (including phenoxy) is 2. The molecule has 1 heterocycles. The highest BCUT2D eigenvalue weighted by Crippen LogP contribution is 2.25. The van der Waals surface area contributed by atoms with Crippen molar-refractivity contribution < 1.29 is 9.47 Å². The number of rotatable bonds is 10. The number of nitrogens with one attached hydrogen (secondary N) is 1. The lowest BCUT2D eigenvalue weighted by Crippen LogP contribution is -2.45. The van der Waals surface area contributed by atoms with Crippen LogP contribution >= 0.6 is 27.3 Å². The number of thiophene rings is 1. The van der Waals surface area contributed by atoms with Crippen LogP contribution in [0, 0.1) is 0 Å². The molecular weight excluding hydrogens is 326 g/mol. The van der Waals surface area contributed by atoms with Gasteiger partial charge in [0.1, 0.15) is 0 Å². The van der Waals surface area contributed by atoms with Crippen LogP contribution in [0.4, 0.5) is 0 Å². The van der Waals surface area contributed by atoms with Gasteiger partial charge in [-0.25, -0.2) is 0 Å². The van der Waals surface area contributed by atoms with Crippen molar-refractivity contribution in [3.8, 4) is 0 Å². The van der Waals surface area contributed by atoms with E-state index in [2.05, 4.69) is 39.6 Å². The predicted octanol–water partition coefficient (Wildman–Crippen LogP) is 3.82. The molecule has 0 radical (unpaired) electrons. The topological polar surface area (TPSA) is 30.5 Å². The zero-order valence-corrected chi connectivity index (χ0v) is 14.4. The molecular formula is C14H24BrNO2S. The molecule has 0 fully saturated rings. The lowest BCUT2D eigenvalue weighted by atomic mass is 10.1. The monoisotopic (exact) mass is 349 g/mol. The molecule has 1 unspecified atom stereocenters. The van der Waals surface area contributed by atoms with Crippen LogP contribution in [0.15, 0.2) is 15.9 Å². The molecule has 3 nitrogen and oxygen atoms in total. The zero-order valence-electron chi connectivity index (χ0n) is 11.9. The molecule has 0 saturated carbocycles. The Morgan fingerprint density at radius 2 is 1.95 bits per heavy atom. The van der Waals surface area contributed by atoms with Crippen LogP contribution < -0.4 is 5.32 Å². The summed E-state index contributed by atoms with van der Waals surface area (Å²) in [6.07, 6.45) is 1.84. The van der Waals surface area contributed by atoms with Gasteiger partial charge in [-0.3, -0.25) is 0 Å². The minimum Gasteiger partial charge on any atom is -0.351 e. The van der Waals surface area contributed by atoms with Gasteiger partial charge in [0, 0.05) is 29.0 Å². The second-order valence-corrected chi connectivity index (χ2v) is 6.09. The smallest absolute Gasteiger partial charge is 0.173 e. The molecule has 0 bridgehead atoms. The fourth-order valence-corrected chi connectivity index (χ4v) is 3.45. The van der Waals surface area contributed by atoms with Crippen LogP contribution in [0.2, 0.25) is 0 Å². The molecule has 0 spiro atoms. The molecule has 0 amide bonds. The van der Waals surface area contributed by atoms with Gasteiger partial charge in [0.05, 0.1) is 6.04 Å². The first-order chi connectivity index (χ1) is 9.22. The fourth-order valence-electron chi connectivity index (χ4n) is 1.87. The first-order valence-electron chi connectivity index (χ1n) is 6.91. The summed E-state index contributed by atoms with van der Waals surface area (Å²) in [6, 6.07) is 2.28. The Bertz CT molecular complexity index is 340. The summed E-state index contributed by atoms with van der Waals surface area (Å²) in [7, 11) is 0. The molecule has 1 atom stereocenters. The average molecular weight is 350 g/mol. The van der Waals surface area contributed by atoms with Gasteiger partial charge in [0.25, 0.3) is 0 Å². The SMILES string of the molecule is CCCNC(Cc1sccc1Br)C(OCC)OCC. The Hall–Kier alpha value is 0.0600. The van der Waals surface area contributed by atoms with Gasteiger partial charge >= 0.3 is 0 Å². The van der Waals surface area contributed by atoms with E-state index < -0.39 is 0 Å². The van der Waals surface area contributed by atoms with E-state index in [0.717, 1.165) is 19.4 Å². The van der Waals surface area contributed by atoms with Crippen LogP contribution in [-0.4, -0.2) is 32.1 Å². The summed E-state index contributed by atoms with van der Waals surface area (Å²) in [5.74, 6) is 0. The molecule has 0 aliphatic rings. The molecule has 0 aliphatic heterocycles. The Balaban J connectivity index is 2.70. The lowest BCUT2D eigenvalue weighted by Gasteiger charge is -2.27. The lowest BCUT2D eigenvalue weighted by molar-refractivity contribution is -0.153. The first-order valence-corrected chi connectivity index (χ1v) is 8.58. The molecule has 19 heavy (non-hydrogen) atoms. The van der Waals surface area contributed by atoms with E-state index in [9.17, 15) is 0 Å². The first kappa shape index (κ1) is 17.1. The van der Waals surface area contributed by atoms with Gasteiger partial charge in [-0.05, 0) is 54.2 Å². The largest absolute Gasteiger partial charge is 0.351 e. The van der Waals surface area contributed by atoms with Gasteiger partial charge < -0.3 is 14.8 Å². The molecule has 1 N–H and O–H groups in total. The van der Waals surface area contributed by atoms with Crippen LogP contribution in [0.5, 0.6) is 0 Å². The van der Waals surface area contributed by atoms with E-state index in [1.165, 1.54) is 9.35 Å². The Labute approximate surface area is 128 Å². The van der Waals surface area contributed by atoms with Gasteiger partial charge in [-0.15, -0.1) is 11.3 Å². The van der Waals surface area contributed by atoms with Gasteiger partial charge in [-0.1, -0.05) is 6.92 Å². The maximum absolute atomic E-state index is 5.73. The third-order valence-electron chi connectivity index (χ3n) is 2.74. The Kier molecular flexibility index (Phi) is 8.90. The van der Waals surface area contributed by atoms with Crippen molar-refractivity contribution in [2.24, 2.45) is 0 Å². The van der Waals surface area contributed by atoms with E-state index in [1.807, 2.05) is 13.8 Å². The maximum Gasteiger partial charge on any atom is 0.173 e. The molecule has 1 rings (SSSR count). The van der Waals surface area contributed by atoms with Crippen molar-refractivity contribution in [1.29, 1.82) is 0 Å². The summed E-state index contributed by atoms with van der Waals surface area (Å²) in [5, 5.41) is 5.64. The normalized spacial score (nSPS) is 13.1. The Morgan fingerprint density at radius 3 is 2.42 bits per heavy atom. The Morgan fingerprint density at radius 1 is 1.26 bits per heavy atom. The molecule has 1 aromatic heterocycles. The van der Waals surface area contributed by atoms with E-state index >= 15 is 0 Å². The summed E-state index contributed by atoms with van der Waals surface area (Å²) >= 11 is 5.36. The number of hydrogen-bond acceptors (Lipinski definition) is 4. The third-order valence-corrected chi connectivity index (χ3v) is 4.69. The van der Waals surface area contributed by atoms with Crippen molar-refractivity contribution in [3.63, 3.8) is 0 Å². The summed E-state index contributed by atoms with van der Waals surface area (Å²) in [6.45, 7) is 8.49. The van der Waals surface area contributed by atoms with E-state index in [4.69, 9.17) is 9.47 Å². The summed E-state index contributed by atoms with van der Waals surface area (Å²) in [5.41, 5.74) is 0. The van der Waals surface area contributed by atoms with Gasteiger partial charge in [-0.2, -0.15) is 0 Å². The van der Waals surface area contributed by atoms with E-state index in [1.54, 1.807) is 11.3 Å². The molecule has 5 heteroatoms. The van der Waals surface area contributed by atoms with Crippen LogP contribution in [0.25, 0.3) is 0 Å². The van der Waals surface area contributed by atoms with Crippen molar-refractivity contribution in [2.75, 3.05) is 19.8 Å². The third kappa shape index (κ3) is 5.92. The highest BCUT2D eigenvalue weighted by atomic mass is 79.9. The van der Waals surface area contributed by atoms with E-state index in [0.29, 0.717) is 13.2 Å². The second-order valence-electron chi connectivity index (χ2n) is 4.24. The van der Waals surface area contributed by atoms with Crippen LogP contribution in [-0.2, 0) is 15.9 Å². The highest BCUT2D eigenvalue weighted by Gasteiger charge is 2.23. The quantitative estimate of drug-likeness (QED) is 0.651.